The number of carbonyl (C=O) groups is 1. The van der Waals surface area contributed by atoms with E-state index in [-0.39, 0.29) is 12.5 Å². The molecule has 0 spiro atoms. The molecule has 5 heteroatoms. The maximum absolute atomic E-state index is 12.0. The first-order valence-electron chi connectivity index (χ1n) is 6.80. The summed E-state index contributed by atoms with van der Waals surface area (Å²) in [5, 5.41) is 8.19. The Morgan fingerprint density at radius 2 is 2.19 bits per heavy atom. The Morgan fingerprint density at radius 1 is 1.29 bits per heavy atom. The molecule has 1 N–H and O–H groups in total. The highest BCUT2D eigenvalue weighted by Gasteiger charge is 2.07. The van der Waals surface area contributed by atoms with Gasteiger partial charge in [0.25, 0.3) is 0 Å². The van der Waals surface area contributed by atoms with E-state index in [0.29, 0.717) is 6.54 Å². The minimum Gasteiger partial charge on any atom is -0.350 e. The summed E-state index contributed by atoms with van der Waals surface area (Å²) < 4.78 is 1.72. The standard InChI is InChI=1S/C16H16N4O/c1-12-4-5-14-10-19-20(15(14)7-12)11-16(21)18-9-13-3-2-6-17-8-13/h2-8,10H,9,11H2,1H3,(H,18,21). The van der Waals surface area contributed by atoms with Crippen molar-refractivity contribution in [2.75, 3.05) is 0 Å². The van der Waals surface area contributed by atoms with Crippen LogP contribution in [0, 0.1) is 6.92 Å². The number of aryl methyl sites for hydroxylation is 1. The van der Waals surface area contributed by atoms with Crippen LogP contribution in [-0.2, 0) is 17.9 Å². The molecule has 3 rings (SSSR count). The van der Waals surface area contributed by atoms with Crippen LogP contribution < -0.4 is 5.32 Å². The van der Waals surface area contributed by atoms with Gasteiger partial charge in [0.05, 0.1) is 11.7 Å². The van der Waals surface area contributed by atoms with Crippen LogP contribution in [0.1, 0.15) is 11.1 Å². The molecule has 0 radical (unpaired) electrons. The van der Waals surface area contributed by atoms with Crippen LogP contribution in [0.25, 0.3) is 10.9 Å². The van der Waals surface area contributed by atoms with E-state index < -0.39 is 0 Å². The van der Waals surface area contributed by atoms with Crippen LogP contribution in [0.4, 0.5) is 0 Å². The summed E-state index contributed by atoms with van der Waals surface area (Å²) in [4.78, 5) is 16.0. The Bertz CT molecular complexity index is 764. The van der Waals surface area contributed by atoms with Gasteiger partial charge in [0.1, 0.15) is 6.54 Å². The summed E-state index contributed by atoms with van der Waals surface area (Å²) in [6, 6.07) is 9.88. The fourth-order valence-corrected chi connectivity index (χ4v) is 2.20. The molecule has 0 saturated carbocycles. The number of hydrogen-bond donors (Lipinski definition) is 1. The first-order valence-corrected chi connectivity index (χ1v) is 6.80. The Kier molecular flexibility index (Phi) is 3.64. The number of fused-ring (bicyclic) bond motifs is 1. The highest BCUT2D eigenvalue weighted by molar-refractivity contribution is 5.82. The molecule has 2 aromatic heterocycles. The summed E-state index contributed by atoms with van der Waals surface area (Å²) in [6.45, 7) is 2.72. The largest absolute Gasteiger partial charge is 0.350 e. The van der Waals surface area contributed by atoms with Gasteiger partial charge >= 0.3 is 0 Å². The zero-order valence-electron chi connectivity index (χ0n) is 11.8. The van der Waals surface area contributed by atoms with Gasteiger partial charge in [0.15, 0.2) is 0 Å². The Morgan fingerprint density at radius 3 is 3.00 bits per heavy atom. The molecular formula is C16H16N4O. The zero-order chi connectivity index (χ0) is 14.7. The number of nitrogens with zero attached hydrogens (tertiary/aromatic N) is 3. The number of amides is 1. The Hall–Kier alpha value is -2.69. The smallest absolute Gasteiger partial charge is 0.242 e. The molecule has 2 heterocycles. The third-order valence-corrected chi connectivity index (χ3v) is 3.31. The molecule has 0 aliphatic carbocycles. The van der Waals surface area contributed by atoms with Crippen LogP contribution in [0.15, 0.2) is 48.9 Å². The lowest BCUT2D eigenvalue weighted by Gasteiger charge is -2.06. The third-order valence-electron chi connectivity index (χ3n) is 3.31. The fraction of sp³-hybridized carbons (Fsp3) is 0.188. The minimum absolute atomic E-state index is 0.0645. The van der Waals surface area contributed by atoms with Gasteiger partial charge in [-0.05, 0) is 30.2 Å². The van der Waals surface area contributed by atoms with E-state index >= 15 is 0 Å². The third kappa shape index (κ3) is 3.08. The van der Waals surface area contributed by atoms with Gasteiger partial charge < -0.3 is 5.32 Å². The molecule has 0 saturated heterocycles. The van der Waals surface area contributed by atoms with Crippen LogP contribution in [0.2, 0.25) is 0 Å². The van der Waals surface area contributed by atoms with Crippen molar-refractivity contribution < 1.29 is 4.79 Å². The molecule has 0 bridgehead atoms. The summed E-state index contributed by atoms with van der Waals surface area (Å²) in [5.41, 5.74) is 3.11. The molecule has 5 nitrogen and oxygen atoms in total. The van der Waals surface area contributed by atoms with Crippen LogP contribution >= 0.6 is 0 Å². The van der Waals surface area contributed by atoms with Crippen molar-refractivity contribution >= 4 is 16.8 Å². The van der Waals surface area contributed by atoms with E-state index in [2.05, 4.69) is 15.4 Å². The van der Waals surface area contributed by atoms with E-state index in [1.54, 1.807) is 23.3 Å². The topological polar surface area (TPSA) is 59.8 Å². The highest BCUT2D eigenvalue weighted by Crippen LogP contribution is 2.15. The molecule has 1 amide bonds. The first-order chi connectivity index (χ1) is 10.2. The maximum Gasteiger partial charge on any atom is 0.242 e. The van der Waals surface area contributed by atoms with Crippen molar-refractivity contribution in [2.45, 2.75) is 20.0 Å². The van der Waals surface area contributed by atoms with Gasteiger partial charge in [-0.25, -0.2) is 0 Å². The van der Waals surface area contributed by atoms with Gasteiger partial charge in [-0.15, -0.1) is 0 Å². The predicted molar refractivity (Wildman–Crippen MR) is 80.6 cm³/mol. The van der Waals surface area contributed by atoms with Gasteiger partial charge in [0, 0.05) is 24.3 Å². The average molecular weight is 280 g/mol. The number of benzene rings is 1. The zero-order valence-corrected chi connectivity index (χ0v) is 11.8. The second kappa shape index (κ2) is 5.75. The summed E-state index contributed by atoms with van der Waals surface area (Å²) >= 11 is 0. The lowest BCUT2D eigenvalue weighted by atomic mass is 10.2. The van der Waals surface area contributed by atoms with Gasteiger partial charge in [-0.2, -0.15) is 5.10 Å². The minimum atomic E-state index is -0.0645. The first kappa shape index (κ1) is 13.3. The van der Waals surface area contributed by atoms with E-state index in [9.17, 15) is 4.79 Å². The second-order valence-electron chi connectivity index (χ2n) is 5.00. The number of pyridine rings is 1. The van der Waals surface area contributed by atoms with Crippen LogP contribution in [0.3, 0.4) is 0 Å². The molecule has 0 aliphatic heterocycles. The predicted octanol–water partition coefficient (Wildman–Crippen LogP) is 2.06. The van der Waals surface area contributed by atoms with Gasteiger partial charge in [0.2, 0.25) is 5.91 Å². The quantitative estimate of drug-likeness (QED) is 0.795. The van der Waals surface area contributed by atoms with Crippen molar-refractivity contribution in [2.24, 2.45) is 0 Å². The van der Waals surface area contributed by atoms with Gasteiger partial charge in [-0.3, -0.25) is 14.5 Å². The molecule has 0 atom stereocenters. The van der Waals surface area contributed by atoms with E-state index in [4.69, 9.17) is 0 Å². The van der Waals surface area contributed by atoms with Crippen LogP contribution in [0.5, 0.6) is 0 Å². The lowest BCUT2D eigenvalue weighted by molar-refractivity contribution is -0.121. The summed E-state index contributed by atoms with van der Waals surface area (Å²) in [5.74, 6) is -0.0645. The molecular weight excluding hydrogens is 264 g/mol. The van der Waals surface area contributed by atoms with E-state index in [0.717, 1.165) is 22.0 Å². The van der Waals surface area contributed by atoms with Crippen molar-refractivity contribution in [1.82, 2.24) is 20.1 Å². The van der Waals surface area contributed by atoms with Crippen molar-refractivity contribution in [1.29, 1.82) is 0 Å². The molecule has 0 aliphatic rings. The molecule has 0 unspecified atom stereocenters. The van der Waals surface area contributed by atoms with Crippen LogP contribution in [-0.4, -0.2) is 20.7 Å². The molecule has 106 valence electrons. The van der Waals surface area contributed by atoms with Crippen molar-refractivity contribution in [3.05, 3.63) is 60.0 Å². The van der Waals surface area contributed by atoms with Crippen molar-refractivity contribution in [3.8, 4) is 0 Å². The molecule has 21 heavy (non-hydrogen) atoms. The molecule has 3 aromatic rings. The Balaban J connectivity index is 1.67. The number of rotatable bonds is 4. The summed E-state index contributed by atoms with van der Waals surface area (Å²) in [7, 11) is 0. The number of carbonyl (C=O) groups excluding carboxylic acids is 1. The normalized spacial score (nSPS) is 10.7. The second-order valence-corrected chi connectivity index (χ2v) is 5.00. The molecule has 0 fully saturated rings. The monoisotopic (exact) mass is 280 g/mol. The number of hydrogen-bond acceptors (Lipinski definition) is 3. The van der Waals surface area contributed by atoms with Gasteiger partial charge in [-0.1, -0.05) is 18.2 Å². The van der Waals surface area contributed by atoms with E-state index in [1.807, 2.05) is 37.3 Å². The van der Waals surface area contributed by atoms with E-state index in [1.165, 1.54) is 0 Å². The number of nitrogens with one attached hydrogen (secondary N) is 1. The average Bonchev–Trinajstić information content (AvgIpc) is 2.88. The highest BCUT2D eigenvalue weighted by atomic mass is 16.2. The Labute approximate surface area is 122 Å². The maximum atomic E-state index is 12.0. The fourth-order valence-electron chi connectivity index (χ4n) is 2.20. The molecule has 1 aromatic carbocycles. The van der Waals surface area contributed by atoms with Crippen molar-refractivity contribution in [3.63, 3.8) is 0 Å². The summed E-state index contributed by atoms with van der Waals surface area (Å²) in [6.07, 6.45) is 5.24. The number of aromatic nitrogens is 3. The lowest BCUT2D eigenvalue weighted by Crippen LogP contribution is -2.27. The SMILES string of the molecule is Cc1ccc2cnn(CC(=O)NCc3cccnc3)c2c1.